The van der Waals surface area contributed by atoms with Crippen LogP contribution in [0.15, 0.2) is 27.7 Å². The molecule has 0 unspecified atom stereocenters. The predicted molar refractivity (Wildman–Crippen MR) is 59.1 cm³/mol. The molecule has 16 heavy (non-hydrogen) atoms. The maximum absolute atomic E-state index is 11.7. The van der Waals surface area contributed by atoms with Crippen LogP contribution < -0.4 is 5.56 Å². The van der Waals surface area contributed by atoms with E-state index in [4.69, 9.17) is 5.11 Å². The molecule has 2 heterocycles. The minimum absolute atomic E-state index is 0.208. The fourth-order valence-corrected chi connectivity index (χ4v) is 1.63. The molecule has 0 aliphatic heterocycles. The van der Waals surface area contributed by atoms with Gasteiger partial charge in [-0.25, -0.2) is 9.67 Å². The van der Waals surface area contributed by atoms with Crippen LogP contribution in [-0.2, 0) is 11.3 Å². The topological polar surface area (TPSA) is 85.1 Å². The van der Waals surface area contributed by atoms with Crippen LogP contribution in [0.1, 0.15) is 0 Å². The average Bonchev–Trinajstić information content (AvgIpc) is 2.22. The third kappa shape index (κ3) is 1.94. The first-order valence-electron chi connectivity index (χ1n) is 4.31. The molecule has 2 aromatic rings. The van der Waals surface area contributed by atoms with Crippen molar-refractivity contribution in [2.45, 2.75) is 6.54 Å². The molecule has 6 nitrogen and oxygen atoms in total. The van der Waals surface area contributed by atoms with Gasteiger partial charge in [0.2, 0.25) is 0 Å². The van der Waals surface area contributed by atoms with E-state index in [1.165, 1.54) is 12.4 Å². The number of aromatic nitrogens is 3. The van der Waals surface area contributed by atoms with Crippen molar-refractivity contribution in [2.24, 2.45) is 0 Å². The van der Waals surface area contributed by atoms with Gasteiger partial charge < -0.3 is 5.11 Å². The Balaban J connectivity index is 2.66. The van der Waals surface area contributed by atoms with Gasteiger partial charge in [-0.05, 0) is 22.0 Å². The van der Waals surface area contributed by atoms with Crippen LogP contribution in [0.3, 0.4) is 0 Å². The molecule has 0 spiro atoms. The molecule has 0 saturated carbocycles. The molecular weight excluding hydrogens is 278 g/mol. The number of carboxylic acid groups (broad SMARTS) is 1. The fraction of sp³-hybridized carbons (Fsp3) is 0.111. The van der Waals surface area contributed by atoms with Crippen LogP contribution in [0, 0.1) is 0 Å². The van der Waals surface area contributed by atoms with Gasteiger partial charge in [-0.3, -0.25) is 9.59 Å². The van der Waals surface area contributed by atoms with E-state index in [0.29, 0.717) is 5.39 Å². The number of halogens is 1. The van der Waals surface area contributed by atoms with Gasteiger partial charge in [0.1, 0.15) is 12.1 Å². The second-order valence-electron chi connectivity index (χ2n) is 3.09. The second kappa shape index (κ2) is 4.01. The molecule has 2 rings (SSSR count). The van der Waals surface area contributed by atoms with Gasteiger partial charge in [-0.15, -0.1) is 0 Å². The van der Waals surface area contributed by atoms with Crippen molar-refractivity contribution in [2.75, 3.05) is 0 Å². The number of rotatable bonds is 2. The van der Waals surface area contributed by atoms with E-state index in [1.54, 1.807) is 6.07 Å². The summed E-state index contributed by atoms with van der Waals surface area (Å²) in [5.74, 6) is -1.12. The molecule has 0 radical (unpaired) electrons. The summed E-state index contributed by atoms with van der Waals surface area (Å²) in [6.07, 6.45) is 2.90. The van der Waals surface area contributed by atoms with Crippen LogP contribution in [0.5, 0.6) is 0 Å². The SMILES string of the molecule is O=C(O)Cn1ncc2cc(Br)cnc2c1=O. The number of aliphatic carboxylic acids is 1. The Morgan fingerprint density at radius 1 is 1.50 bits per heavy atom. The van der Waals surface area contributed by atoms with Crippen LogP contribution in [0.25, 0.3) is 10.9 Å². The molecule has 0 aliphatic rings. The minimum atomic E-state index is -1.12. The molecule has 7 heteroatoms. The Bertz CT molecular complexity index is 623. The summed E-state index contributed by atoms with van der Waals surface area (Å²) in [6.45, 7) is -0.466. The van der Waals surface area contributed by atoms with E-state index in [1.807, 2.05) is 0 Å². The monoisotopic (exact) mass is 283 g/mol. The van der Waals surface area contributed by atoms with Gasteiger partial charge >= 0.3 is 5.97 Å². The van der Waals surface area contributed by atoms with E-state index >= 15 is 0 Å². The Kier molecular flexibility index (Phi) is 2.69. The molecule has 82 valence electrons. The maximum Gasteiger partial charge on any atom is 0.325 e. The summed E-state index contributed by atoms with van der Waals surface area (Å²) < 4.78 is 1.60. The molecule has 0 saturated heterocycles. The average molecular weight is 284 g/mol. The number of nitrogens with zero attached hydrogens (tertiary/aromatic N) is 3. The number of pyridine rings is 1. The molecule has 0 aliphatic carbocycles. The molecule has 2 aromatic heterocycles. The number of fused-ring (bicyclic) bond motifs is 1. The molecule has 1 N–H and O–H groups in total. The highest BCUT2D eigenvalue weighted by molar-refractivity contribution is 9.10. The van der Waals surface area contributed by atoms with Crippen LogP contribution in [0.2, 0.25) is 0 Å². The first-order chi connectivity index (χ1) is 7.58. The molecule has 0 atom stereocenters. The van der Waals surface area contributed by atoms with E-state index in [-0.39, 0.29) is 5.52 Å². The van der Waals surface area contributed by atoms with E-state index in [2.05, 4.69) is 26.0 Å². The first-order valence-corrected chi connectivity index (χ1v) is 5.10. The van der Waals surface area contributed by atoms with Crippen molar-refractivity contribution in [1.29, 1.82) is 0 Å². The lowest BCUT2D eigenvalue weighted by Gasteiger charge is -2.02. The third-order valence-corrected chi connectivity index (χ3v) is 2.38. The van der Waals surface area contributed by atoms with Crippen molar-refractivity contribution in [3.8, 4) is 0 Å². The highest BCUT2D eigenvalue weighted by Crippen LogP contribution is 2.13. The Hall–Kier alpha value is -1.76. The van der Waals surface area contributed by atoms with Gasteiger partial charge in [0.15, 0.2) is 0 Å². The number of carboxylic acids is 1. The quantitative estimate of drug-likeness (QED) is 0.874. The van der Waals surface area contributed by atoms with Crippen molar-refractivity contribution in [3.63, 3.8) is 0 Å². The van der Waals surface area contributed by atoms with Gasteiger partial charge in [0.25, 0.3) is 5.56 Å². The summed E-state index contributed by atoms with van der Waals surface area (Å²) in [4.78, 5) is 26.2. The number of hydrogen-bond acceptors (Lipinski definition) is 4. The largest absolute Gasteiger partial charge is 0.480 e. The van der Waals surface area contributed by atoms with Crippen molar-refractivity contribution in [3.05, 3.63) is 33.3 Å². The van der Waals surface area contributed by atoms with Gasteiger partial charge in [-0.1, -0.05) is 0 Å². The lowest BCUT2D eigenvalue weighted by Crippen LogP contribution is -2.26. The zero-order valence-electron chi connectivity index (χ0n) is 7.92. The zero-order valence-corrected chi connectivity index (χ0v) is 9.51. The second-order valence-corrected chi connectivity index (χ2v) is 4.01. The molecule has 0 bridgehead atoms. The zero-order chi connectivity index (χ0) is 11.7. The predicted octanol–water partition coefficient (Wildman–Crippen LogP) is 0.639. The van der Waals surface area contributed by atoms with Crippen molar-refractivity contribution < 1.29 is 9.90 Å². The molecular formula is C9H6BrN3O3. The Morgan fingerprint density at radius 2 is 2.25 bits per heavy atom. The highest BCUT2D eigenvalue weighted by atomic mass is 79.9. The standard InChI is InChI=1S/C9H6BrN3O3/c10-6-1-5-2-12-13(4-7(14)15)9(16)8(5)11-3-6/h1-3H,4H2,(H,14,15). The van der Waals surface area contributed by atoms with Gasteiger partial charge in [0, 0.05) is 16.1 Å². The van der Waals surface area contributed by atoms with E-state index < -0.39 is 18.1 Å². The minimum Gasteiger partial charge on any atom is -0.480 e. The molecule has 0 aromatic carbocycles. The number of carbonyl (C=O) groups is 1. The van der Waals surface area contributed by atoms with E-state index in [0.717, 1.165) is 9.15 Å². The summed E-state index contributed by atoms with van der Waals surface area (Å²) in [6, 6.07) is 1.70. The Labute approximate surface area is 97.7 Å². The lowest BCUT2D eigenvalue weighted by molar-refractivity contribution is -0.137. The smallest absolute Gasteiger partial charge is 0.325 e. The molecule has 0 amide bonds. The normalized spacial score (nSPS) is 10.6. The maximum atomic E-state index is 11.7. The highest BCUT2D eigenvalue weighted by Gasteiger charge is 2.08. The van der Waals surface area contributed by atoms with Crippen molar-refractivity contribution >= 4 is 32.8 Å². The van der Waals surface area contributed by atoms with Crippen LogP contribution in [0.4, 0.5) is 0 Å². The lowest BCUT2D eigenvalue weighted by atomic mass is 10.3. The van der Waals surface area contributed by atoms with Gasteiger partial charge in [-0.2, -0.15) is 5.10 Å². The first kappa shape index (κ1) is 10.7. The van der Waals surface area contributed by atoms with Crippen LogP contribution in [-0.4, -0.2) is 25.8 Å². The summed E-state index contributed by atoms with van der Waals surface area (Å²) in [5.41, 5.74) is -0.299. The summed E-state index contributed by atoms with van der Waals surface area (Å²) >= 11 is 3.22. The van der Waals surface area contributed by atoms with Crippen LogP contribution >= 0.6 is 15.9 Å². The van der Waals surface area contributed by atoms with Crippen molar-refractivity contribution in [1.82, 2.24) is 14.8 Å². The number of hydrogen-bond donors (Lipinski definition) is 1. The summed E-state index contributed by atoms with van der Waals surface area (Å²) in [5, 5.41) is 12.9. The Morgan fingerprint density at radius 3 is 2.94 bits per heavy atom. The van der Waals surface area contributed by atoms with E-state index in [9.17, 15) is 9.59 Å². The fourth-order valence-electron chi connectivity index (χ4n) is 1.28. The summed E-state index contributed by atoms with van der Waals surface area (Å²) in [7, 11) is 0. The van der Waals surface area contributed by atoms with Gasteiger partial charge in [0.05, 0.1) is 6.20 Å². The third-order valence-electron chi connectivity index (χ3n) is 1.94. The molecule has 0 fully saturated rings.